The third-order valence-corrected chi connectivity index (χ3v) is 4.10. The fourth-order valence-corrected chi connectivity index (χ4v) is 2.76. The Bertz CT molecular complexity index is 632. The molecule has 1 aromatic carbocycles. The van der Waals surface area contributed by atoms with Gasteiger partial charge < -0.3 is 20.1 Å². The highest BCUT2D eigenvalue weighted by atomic mass is 16.5. The van der Waals surface area contributed by atoms with E-state index in [-0.39, 0.29) is 25.0 Å². The predicted molar refractivity (Wildman–Crippen MR) is 92.6 cm³/mol. The van der Waals surface area contributed by atoms with Crippen LogP contribution >= 0.6 is 0 Å². The molecule has 2 amide bonds. The molecule has 1 unspecified atom stereocenters. The topological polar surface area (TPSA) is 95.9 Å². The number of nitrogens with one attached hydrogen (secondary N) is 1. The molecule has 1 atom stereocenters. The van der Waals surface area contributed by atoms with Crippen molar-refractivity contribution in [3.05, 3.63) is 24.3 Å². The molecule has 1 aliphatic heterocycles. The maximum Gasteiger partial charge on any atom is 0.308 e. The van der Waals surface area contributed by atoms with Gasteiger partial charge in [0.1, 0.15) is 5.75 Å². The van der Waals surface area contributed by atoms with Gasteiger partial charge in [-0.1, -0.05) is 19.4 Å². The number of carbonyl (C=O) groups is 3. The first kappa shape index (κ1) is 18.8. The Morgan fingerprint density at radius 2 is 2.20 bits per heavy atom. The van der Waals surface area contributed by atoms with Gasteiger partial charge in [-0.25, -0.2) is 0 Å². The third-order valence-electron chi connectivity index (χ3n) is 4.10. The molecular weight excluding hydrogens is 324 g/mol. The van der Waals surface area contributed by atoms with Crippen LogP contribution in [-0.2, 0) is 14.4 Å². The summed E-state index contributed by atoms with van der Waals surface area (Å²) in [6, 6.07) is 7.05. The van der Waals surface area contributed by atoms with E-state index < -0.39 is 11.9 Å². The highest BCUT2D eigenvalue weighted by Gasteiger charge is 2.22. The van der Waals surface area contributed by atoms with Gasteiger partial charge in [0.15, 0.2) is 6.61 Å². The van der Waals surface area contributed by atoms with Crippen molar-refractivity contribution in [1.29, 1.82) is 0 Å². The van der Waals surface area contributed by atoms with E-state index in [4.69, 9.17) is 9.84 Å². The second kappa shape index (κ2) is 9.05. The number of rotatable bonds is 9. The van der Waals surface area contributed by atoms with E-state index in [1.807, 2.05) is 13.0 Å². The molecular formula is C18H24N2O5. The Kier molecular flexibility index (Phi) is 6.80. The van der Waals surface area contributed by atoms with Crippen molar-refractivity contribution in [1.82, 2.24) is 5.32 Å². The fourth-order valence-electron chi connectivity index (χ4n) is 2.76. The number of carbonyl (C=O) groups excluding carboxylic acids is 2. The summed E-state index contributed by atoms with van der Waals surface area (Å²) in [6.45, 7) is 2.49. The second-order valence-corrected chi connectivity index (χ2v) is 6.06. The van der Waals surface area contributed by atoms with E-state index in [0.29, 0.717) is 25.1 Å². The molecule has 1 aliphatic rings. The number of anilines is 1. The van der Waals surface area contributed by atoms with Crippen LogP contribution in [0.5, 0.6) is 5.75 Å². The Morgan fingerprint density at radius 1 is 1.40 bits per heavy atom. The van der Waals surface area contributed by atoms with Crippen molar-refractivity contribution >= 4 is 23.5 Å². The van der Waals surface area contributed by atoms with Gasteiger partial charge in [-0.05, 0) is 25.0 Å². The zero-order valence-electron chi connectivity index (χ0n) is 14.4. The molecule has 1 saturated heterocycles. The van der Waals surface area contributed by atoms with Crippen LogP contribution in [0.4, 0.5) is 5.69 Å². The lowest BCUT2D eigenvalue weighted by atomic mass is 10.0. The van der Waals surface area contributed by atoms with Crippen molar-refractivity contribution in [2.45, 2.75) is 32.6 Å². The van der Waals surface area contributed by atoms with Crippen LogP contribution in [0.25, 0.3) is 0 Å². The minimum Gasteiger partial charge on any atom is -0.484 e. The average Bonchev–Trinajstić information content (AvgIpc) is 3.02. The molecule has 0 aliphatic carbocycles. The van der Waals surface area contributed by atoms with Crippen LogP contribution in [0.2, 0.25) is 0 Å². The third kappa shape index (κ3) is 5.48. The zero-order chi connectivity index (χ0) is 18.2. The predicted octanol–water partition coefficient (Wildman–Crippen LogP) is 1.81. The summed E-state index contributed by atoms with van der Waals surface area (Å²) >= 11 is 0. The first-order valence-electron chi connectivity index (χ1n) is 8.54. The number of hydrogen-bond acceptors (Lipinski definition) is 4. The van der Waals surface area contributed by atoms with Gasteiger partial charge >= 0.3 is 5.97 Å². The molecule has 7 nitrogen and oxygen atoms in total. The molecule has 1 aromatic rings. The quantitative estimate of drug-likeness (QED) is 0.709. The van der Waals surface area contributed by atoms with E-state index >= 15 is 0 Å². The lowest BCUT2D eigenvalue weighted by molar-refractivity contribution is -0.142. The van der Waals surface area contributed by atoms with Crippen LogP contribution in [-0.4, -0.2) is 42.6 Å². The summed E-state index contributed by atoms with van der Waals surface area (Å²) < 4.78 is 5.46. The smallest absolute Gasteiger partial charge is 0.308 e. The van der Waals surface area contributed by atoms with E-state index in [1.165, 1.54) is 0 Å². The maximum absolute atomic E-state index is 11.8. The monoisotopic (exact) mass is 348 g/mol. The Labute approximate surface area is 147 Å². The molecule has 25 heavy (non-hydrogen) atoms. The molecule has 0 radical (unpaired) electrons. The van der Waals surface area contributed by atoms with Gasteiger partial charge in [0.2, 0.25) is 5.91 Å². The highest BCUT2D eigenvalue weighted by molar-refractivity contribution is 5.95. The fraction of sp³-hybridized carbons (Fsp3) is 0.500. The van der Waals surface area contributed by atoms with Crippen molar-refractivity contribution < 1.29 is 24.2 Å². The first-order valence-corrected chi connectivity index (χ1v) is 8.54. The minimum atomic E-state index is -0.911. The zero-order valence-corrected chi connectivity index (χ0v) is 14.4. The SMILES string of the molecule is CCCC(CNC(=O)COc1cccc(N2CCCC2=O)c1)C(=O)O. The van der Waals surface area contributed by atoms with Gasteiger partial charge in [0.25, 0.3) is 5.91 Å². The van der Waals surface area contributed by atoms with Crippen LogP contribution in [0.3, 0.4) is 0 Å². The largest absolute Gasteiger partial charge is 0.484 e. The maximum atomic E-state index is 11.8. The molecule has 136 valence electrons. The Balaban J connectivity index is 1.83. The summed E-state index contributed by atoms with van der Waals surface area (Å²) in [5, 5.41) is 11.7. The standard InChI is InChI=1S/C18H24N2O5/c1-2-5-13(18(23)24)11-19-16(21)12-25-15-7-3-6-14(10-15)20-9-4-8-17(20)22/h3,6-7,10,13H,2,4-5,8-9,11-12H2,1H3,(H,19,21)(H,23,24). The van der Waals surface area contributed by atoms with Crippen LogP contribution in [0.15, 0.2) is 24.3 Å². The number of amides is 2. The van der Waals surface area contributed by atoms with E-state index in [0.717, 1.165) is 18.5 Å². The molecule has 2 rings (SSSR count). The molecule has 1 heterocycles. The lowest BCUT2D eigenvalue weighted by Gasteiger charge is -2.17. The van der Waals surface area contributed by atoms with Crippen molar-refractivity contribution in [2.24, 2.45) is 5.92 Å². The number of ether oxygens (including phenoxy) is 1. The number of nitrogens with zero attached hydrogens (tertiary/aromatic N) is 1. The van der Waals surface area contributed by atoms with Crippen molar-refractivity contribution in [2.75, 3.05) is 24.6 Å². The number of carboxylic acid groups (broad SMARTS) is 1. The number of benzene rings is 1. The van der Waals surface area contributed by atoms with Gasteiger partial charge in [-0.2, -0.15) is 0 Å². The molecule has 1 fully saturated rings. The summed E-state index contributed by atoms with van der Waals surface area (Å²) in [4.78, 5) is 36.4. The molecule has 7 heteroatoms. The van der Waals surface area contributed by atoms with E-state index in [2.05, 4.69) is 5.32 Å². The lowest BCUT2D eigenvalue weighted by Crippen LogP contribution is -2.35. The van der Waals surface area contributed by atoms with Crippen molar-refractivity contribution in [3.8, 4) is 5.75 Å². The number of carboxylic acids is 1. The normalized spacial score (nSPS) is 15.1. The average molecular weight is 348 g/mol. The molecule has 0 aromatic heterocycles. The number of aliphatic carboxylic acids is 1. The summed E-state index contributed by atoms with van der Waals surface area (Å²) in [7, 11) is 0. The van der Waals surface area contributed by atoms with Gasteiger partial charge in [0.05, 0.1) is 5.92 Å². The number of hydrogen-bond donors (Lipinski definition) is 2. The summed E-state index contributed by atoms with van der Waals surface area (Å²) in [5.41, 5.74) is 0.759. The van der Waals surface area contributed by atoms with Gasteiger partial charge in [-0.3, -0.25) is 14.4 Å². The second-order valence-electron chi connectivity index (χ2n) is 6.06. The molecule has 0 spiro atoms. The van der Waals surface area contributed by atoms with Crippen molar-refractivity contribution in [3.63, 3.8) is 0 Å². The van der Waals surface area contributed by atoms with E-state index in [1.54, 1.807) is 23.1 Å². The Morgan fingerprint density at radius 3 is 2.84 bits per heavy atom. The Hall–Kier alpha value is -2.57. The molecule has 2 N–H and O–H groups in total. The highest BCUT2D eigenvalue weighted by Crippen LogP contribution is 2.25. The van der Waals surface area contributed by atoms with E-state index in [9.17, 15) is 14.4 Å². The molecule has 0 saturated carbocycles. The van der Waals surface area contributed by atoms with Crippen LogP contribution in [0, 0.1) is 5.92 Å². The molecule has 0 bridgehead atoms. The summed E-state index contributed by atoms with van der Waals surface area (Å²) in [5.74, 6) is -1.28. The summed E-state index contributed by atoms with van der Waals surface area (Å²) in [6.07, 6.45) is 2.65. The van der Waals surface area contributed by atoms with Gasteiger partial charge in [0, 0.05) is 31.3 Å². The van der Waals surface area contributed by atoms with Crippen LogP contribution in [0.1, 0.15) is 32.6 Å². The van der Waals surface area contributed by atoms with Crippen LogP contribution < -0.4 is 15.0 Å². The minimum absolute atomic E-state index is 0.0885. The van der Waals surface area contributed by atoms with Gasteiger partial charge in [-0.15, -0.1) is 0 Å². The first-order chi connectivity index (χ1) is 12.0.